The molecule has 6 nitrogen and oxygen atoms in total. The number of amides is 1. The second-order valence-electron chi connectivity index (χ2n) is 5.56. The van der Waals surface area contributed by atoms with E-state index >= 15 is 0 Å². The van der Waals surface area contributed by atoms with Crippen LogP contribution in [0.4, 0.5) is 0 Å². The summed E-state index contributed by atoms with van der Waals surface area (Å²) in [6.07, 6.45) is 6.39. The van der Waals surface area contributed by atoms with Crippen molar-refractivity contribution in [3.8, 4) is 0 Å². The minimum atomic E-state index is -0.202. The Morgan fingerprint density at radius 1 is 1.60 bits per heavy atom. The number of carbonyl (C=O) groups is 1. The lowest BCUT2D eigenvalue weighted by molar-refractivity contribution is -0.124. The number of ether oxygens (including phenoxy) is 1. The summed E-state index contributed by atoms with van der Waals surface area (Å²) in [5.41, 5.74) is 0.832. The number of nitrogens with one attached hydrogen (secondary N) is 1. The van der Waals surface area contributed by atoms with Crippen LogP contribution in [0.1, 0.15) is 25.0 Å². The number of carbonyl (C=O) groups excluding carboxylic acids is 1. The molecule has 20 heavy (non-hydrogen) atoms. The van der Waals surface area contributed by atoms with Crippen LogP contribution in [0, 0.1) is 0 Å². The molecule has 112 valence electrons. The van der Waals surface area contributed by atoms with Crippen molar-refractivity contribution < 1.29 is 9.53 Å². The smallest absolute Gasteiger partial charge is 0.221 e. The molecule has 1 atom stereocenters. The van der Waals surface area contributed by atoms with Crippen molar-refractivity contribution in [3.63, 3.8) is 0 Å². The Hall–Kier alpha value is -1.40. The minimum Gasteiger partial charge on any atom is -0.383 e. The first kappa shape index (κ1) is 15.0. The van der Waals surface area contributed by atoms with Gasteiger partial charge < -0.3 is 14.6 Å². The molecule has 1 fully saturated rings. The highest BCUT2D eigenvalue weighted by Gasteiger charge is 2.42. The minimum absolute atomic E-state index is 0.0648. The molecule has 0 aromatic carbocycles. The van der Waals surface area contributed by atoms with Crippen LogP contribution in [-0.4, -0.2) is 53.2 Å². The molecule has 0 radical (unpaired) electrons. The zero-order valence-corrected chi connectivity index (χ0v) is 12.6. The molecule has 1 aromatic heterocycles. The maximum atomic E-state index is 11.8. The number of likely N-dealkylation sites (tertiary alicyclic amines) is 1. The number of hydrogen-bond acceptors (Lipinski definition) is 4. The zero-order valence-electron chi connectivity index (χ0n) is 12.6. The molecule has 1 saturated heterocycles. The van der Waals surface area contributed by atoms with E-state index in [4.69, 9.17) is 4.74 Å². The van der Waals surface area contributed by atoms with Gasteiger partial charge in [-0.15, -0.1) is 0 Å². The van der Waals surface area contributed by atoms with Gasteiger partial charge in [-0.25, -0.2) is 4.98 Å². The fourth-order valence-electron chi connectivity index (χ4n) is 3.06. The van der Waals surface area contributed by atoms with E-state index in [0.717, 1.165) is 31.6 Å². The van der Waals surface area contributed by atoms with Gasteiger partial charge in [0, 0.05) is 40.4 Å². The van der Waals surface area contributed by atoms with Gasteiger partial charge in [0.25, 0.3) is 0 Å². The van der Waals surface area contributed by atoms with E-state index in [2.05, 4.69) is 15.2 Å². The van der Waals surface area contributed by atoms with Crippen LogP contribution in [0.3, 0.4) is 0 Å². The molecule has 2 heterocycles. The highest BCUT2D eigenvalue weighted by Crippen LogP contribution is 2.34. The topological polar surface area (TPSA) is 59.4 Å². The number of methoxy groups -OCH3 is 1. The van der Waals surface area contributed by atoms with Crippen molar-refractivity contribution in [2.45, 2.75) is 31.3 Å². The Morgan fingerprint density at radius 2 is 2.40 bits per heavy atom. The molecule has 1 aromatic rings. The van der Waals surface area contributed by atoms with E-state index < -0.39 is 0 Å². The van der Waals surface area contributed by atoms with Crippen LogP contribution < -0.4 is 5.32 Å². The van der Waals surface area contributed by atoms with Gasteiger partial charge in [-0.3, -0.25) is 9.69 Å². The van der Waals surface area contributed by atoms with Gasteiger partial charge >= 0.3 is 0 Å². The van der Waals surface area contributed by atoms with E-state index in [-0.39, 0.29) is 11.4 Å². The van der Waals surface area contributed by atoms with Crippen molar-refractivity contribution in [1.82, 2.24) is 19.8 Å². The molecule has 0 spiro atoms. The Bertz CT molecular complexity index is 460. The normalized spacial score (nSPS) is 23.1. The predicted molar refractivity (Wildman–Crippen MR) is 76.1 cm³/mol. The molecule has 1 amide bonds. The predicted octanol–water partition coefficient (Wildman–Crippen LogP) is 0.537. The fraction of sp³-hybridized carbons (Fsp3) is 0.714. The first-order valence-corrected chi connectivity index (χ1v) is 7.01. The lowest BCUT2D eigenvalue weighted by Crippen LogP contribution is -2.50. The Kier molecular flexibility index (Phi) is 4.77. The summed E-state index contributed by atoms with van der Waals surface area (Å²) < 4.78 is 7.35. The van der Waals surface area contributed by atoms with Gasteiger partial charge in [0.15, 0.2) is 0 Å². The Labute approximate surface area is 120 Å². The molecule has 1 aliphatic rings. The number of imidazole rings is 1. The van der Waals surface area contributed by atoms with Crippen molar-refractivity contribution >= 4 is 5.91 Å². The number of hydrogen-bond donors (Lipinski definition) is 1. The second-order valence-corrected chi connectivity index (χ2v) is 5.56. The largest absolute Gasteiger partial charge is 0.383 e. The van der Waals surface area contributed by atoms with E-state index in [0.29, 0.717) is 13.0 Å². The average Bonchev–Trinajstić information content (AvgIpc) is 2.98. The SMILES string of the molecule is CNC(=O)C[C@]1(COC)CCCN1Cc1cn(C)cn1. The van der Waals surface area contributed by atoms with Crippen LogP contribution >= 0.6 is 0 Å². The van der Waals surface area contributed by atoms with E-state index in [1.807, 2.05) is 24.1 Å². The van der Waals surface area contributed by atoms with Gasteiger partial charge in [0.05, 0.1) is 24.2 Å². The molecular formula is C14H24N4O2. The van der Waals surface area contributed by atoms with Gasteiger partial charge in [-0.1, -0.05) is 0 Å². The van der Waals surface area contributed by atoms with Crippen LogP contribution in [-0.2, 0) is 23.1 Å². The lowest BCUT2D eigenvalue weighted by atomic mass is 9.92. The maximum absolute atomic E-state index is 11.8. The van der Waals surface area contributed by atoms with Crippen LogP contribution in [0.25, 0.3) is 0 Å². The van der Waals surface area contributed by atoms with Gasteiger partial charge in [-0.05, 0) is 19.4 Å². The Balaban J connectivity index is 2.13. The third kappa shape index (κ3) is 3.19. The third-order valence-corrected chi connectivity index (χ3v) is 4.03. The standard InChI is InChI=1S/C14H24N4O2/c1-15-13(19)7-14(10-20-3)5-4-6-18(14)9-12-8-17(2)11-16-12/h8,11H,4-7,9-10H2,1-3H3,(H,15,19)/t14-/m0/s1. The number of aryl methyl sites for hydroxylation is 1. The van der Waals surface area contributed by atoms with Crippen molar-refractivity contribution in [2.75, 3.05) is 27.3 Å². The van der Waals surface area contributed by atoms with Crippen LogP contribution in [0.15, 0.2) is 12.5 Å². The second kappa shape index (κ2) is 6.37. The summed E-state index contributed by atoms with van der Waals surface area (Å²) in [6.45, 7) is 2.32. The van der Waals surface area contributed by atoms with Gasteiger partial charge in [0.2, 0.25) is 5.91 Å². The summed E-state index contributed by atoms with van der Waals surface area (Å²) in [6, 6.07) is 0. The average molecular weight is 280 g/mol. The fourth-order valence-corrected chi connectivity index (χ4v) is 3.06. The summed E-state index contributed by atoms with van der Waals surface area (Å²) in [7, 11) is 5.34. The molecule has 0 saturated carbocycles. The van der Waals surface area contributed by atoms with E-state index in [9.17, 15) is 4.79 Å². The highest BCUT2D eigenvalue weighted by atomic mass is 16.5. The molecule has 0 unspecified atom stereocenters. The first-order chi connectivity index (χ1) is 9.59. The molecule has 2 rings (SSSR count). The molecule has 1 N–H and O–H groups in total. The molecular weight excluding hydrogens is 256 g/mol. The molecule has 0 aliphatic carbocycles. The summed E-state index contributed by atoms with van der Waals surface area (Å²) in [4.78, 5) is 18.6. The van der Waals surface area contributed by atoms with Crippen molar-refractivity contribution in [3.05, 3.63) is 18.2 Å². The van der Waals surface area contributed by atoms with E-state index in [1.165, 1.54) is 0 Å². The zero-order chi connectivity index (χ0) is 14.6. The third-order valence-electron chi connectivity index (χ3n) is 4.03. The summed E-state index contributed by atoms with van der Waals surface area (Å²) in [5, 5.41) is 2.72. The Morgan fingerprint density at radius 3 is 3.00 bits per heavy atom. The van der Waals surface area contributed by atoms with Crippen molar-refractivity contribution in [2.24, 2.45) is 7.05 Å². The molecule has 0 bridgehead atoms. The summed E-state index contributed by atoms with van der Waals surface area (Å²) in [5.74, 6) is 0.0648. The quantitative estimate of drug-likeness (QED) is 0.826. The number of aromatic nitrogens is 2. The van der Waals surface area contributed by atoms with Gasteiger partial charge in [-0.2, -0.15) is 0 Å². The summed E-state index contributed by atoms with van der Waals surface area (Å²) >= 11 is 0. The number of nitrogens with zero attached hydrogens (tertiary/aromatic N) is 3. The van der Waals surface area contributed by atoms with Crippen molar-refractivity contribution in [1.29, 1.82) is 0 Å². The van der Waals surface area contributed by atoms with Gasteiger partial charge in [0.1, 0.15) is 0 Å². The number of rotatable bonds is 6. The van der Waals surface area contributed by atoms with E-state index in [1.54, 1.807) is 14.2 Å². The van der Waals surface area contributed by atoms with Crippen LogP contribution in [0.5, 0.6) is 0 Å². The van der Waals surface area contributed by atoms with Crippen LogP contribution in [0.2, 0.25) is 0 Å². The molecule has 6 heteroatoms. The maximum Gasteiger partial charge on any atom is 0.221 e. The lowest BCUT2D eigenvalue weighted by Gasteiger charge is -2.37. The first-order valence-electron chi connectivity index (χ1n) is 7.01. The molecule has 1 aliphatic heterocycles. The monoisotopic (exact) mass is 280 g/mol. The highest BCUT2D eigenvalue weighted by molar-refractivity contribution is 5.77.